The number of hydrogen-bond donors (Lipinski definition) is 0. The Morgan fingerprint density at radius 2 is 1.89 bits per heavy atom. The van der Waals surface area contributed by atoms with Crippen molar-refractivity contribution >= 4 is 16.9 Å². The second-order valence-corrected chi connectivity index (χ2v) is 4.40. The Kier molecular flexibility index (Phi) is 3.19. The molecule has 1 aromatic heterocycles. The van der Waals surface area contributed by atoms with E-state index in [1.165, 1.54) is 7.11 Å². The zero-order valence-corrected chi connectivity index (χ0v) is 10.6. The first-order chi connectivity index (χ1) is 8.54. The molecule has 0 aliphatic rings. The van der Waals surface area contributed by atoms with Crippen molar-refractivity contribution in [3.8, 4) is 0 Å². The first kappa shape index (κ1) is 12.4. The normalized spacial score (nSPS) is 10.9. The summed E-state index contributed by atoms with van der Waals surface area (Å²) in [4.78, 5) is 23.4. The van der Waals surface area contributed by atoms with E-state index in [0.29, 0.717) is 5.56 Å². The molecular weight excluding hydrogens is 230 g/mol. The lowest BCUT2D eigenvalue weighted by molar-refractivity contribution is 0.0601. The third-order valence-electron chi connectivity index (χ3n) is 2.87. The van der Waals surface area contributed by atoms with Gasteiger partial charge in [0.05, 0.1) is 18.2 Å². The summed E-state index contributed by atoms with van der Waals surface area (Å²) in [6, 6.07) is 8.55. The standard InChI is InChI=1S/C14H15NO3/c1-9(2)15-12-8-11(14(17)18-3)5-4-10(12)6-7-13(15)16/h4-9H,1-3H3. The van der Waals surface area contributed by atoms with E-state index in [1.54, 1.807) is 28.8 Å². The molecule has 94 valence electrons. The van der Waals surface area contributed by atoms with Gasteiger partial charge in [0.15, 0.2) is 0 Å². The first-order valence-corrected chi connectivity index (χ1v) is 5.78. The van der Waals surface area contributed by atoms with Crippen molar-refractivity contribution in [3.05, 3.63) is 46.2 Å². The molecule has 0 N–H and O–H groups in total. The number of pyridine rings is 1. The molecule has 0 saturated carbocycles. The maximum Gasteiger partial charge on any atom is 0.337 e. The summed E-state index contributed by atoms with van der Waals surface area (Å²) in [6.45, 7) is 3.87. The van der Waals surface area contributed by atoms with Crippen LogP contribution in [0.25, 0.3) is 10.9 Å². The quantitative estimate of drug-likeness (QED) is 0.763. The number of methoxy groups -OCH3 is 1. The first-order valence-electron chi connectivity index (χ1n) is 5.78. The number of rotatable bonds is 2. The molecule has 4 nitrogen and oxygen atoms in total. The van der Waals surface area contributed by atoms with Crippen LogP contribution in [0, 0.1) is 0 Å². The highest BCUT2D eigenvalue weighted by Gasteiger charge is 2.10. The molecule has 0 fully saturated rings. The van der Waals surface area contributed by atoms with Gasteiger partial charge >= 0.3 is 5.97 Å². The summed E-state index contributed by atoms with van der Waals surface area (Å²) < 4.78 is 6.36. The summed E-state index contributed by atoms with van der Waals surface area (Å²) in [5, 5.41) is 0.927. The molecule has 0 amide bonds. The SMILES string of the molecule is COC(=O)c1ccc2ccc(=O)n(C(C)C)c2c1. The Hall–Kier alpha value is -2.10. The minimum atomic E-state index is -0.400. The number of nitrogens with zero attached hydrogens (tertiary/aromatic N) is 1. The molecule has 18 heavy (non-hydrogen) atoms. The van der Waals surface area contributed by atoms with Crippen molar-refractivity contribution in [3.63, 3.8) is 0 Å². The fourth-order valence-electron chi connectivity index (χ4n) is 2.03. The summed E-state index contributed by atoms with van der Waals surface area (Å²) in [7, 11) is 1.34. The monoisotopic (exact) mass is 245 g/mol. The number of aromatic nitrogens is 1. The molecular formula is C14H15NO3. The molecule has 1 heterocycles. The van der Waals surface area contributed by atoms with Gasteiger partial charge in [-0.15, -0.1) is 0 Å². The van der Waals surface area contributed by atoms with Crippen LogP contribution in [0.2, 0.25) is 0 Å². The maximum atomic E-state index is 11.9. The Balaban J connectivity index is 2.77. The molecule has 0 spiro atoms. The molecule has 2 rings (SSSR count). The molecule has 0 bridgehead atoms. The van der Waals surface area contributed by atoms with Gasteiger partial charge in [-0.2, -0.15) is 0 Å². The second kappa shape index (κ2) is 4.64. The van der Waals surface area contributed by atoms with E-state index in [-0.39, 0.29) is 11.6 Å². The fraction of sp³-hybridized carbons (Fsp3) is 0.286. The van der Waals surface area contributed by atoms with Crippen LogP contribution in [0.4, 0.5) is 0 Å². The van der Waals surface area contributed by atoms with Crippen LogP contribution in [0.3, 0.4) is 0 Å². The molecule has 0 aliphatic carbocycles. The van der Waals surface area contributed by atoms with Crippen molar-refractivity contribution in [1.82, 2.24) is 4.57 Å². The Morgan fingerprint density at radius 1 is 1.22 bits per heavy atom. The summed E-state index contributed by atoms with van der Waals surface area (Å²) >= 11 is 0. The van der Waals surface area contributed by atoms with Gasteiger partial charge in [0.1, 0.15) is 0 Å². The smallest absolute Gasteiger partial charge is 0.337 e. The zero-order chi connectivity index (χ0) is 13.3. The van der Waals surface area contributed by atoms with E-state index >= 15 is 0 Å². The molecule has 0 saturated heterocycles. The van der Waals surface area contributed by atoms with E-state index in [0.717, 1.165) is 10.9 Å². The number of fused-ring (bicyclic) bond motifs is 1. The molecule has 4 heteroatoms. The largest absolute Gasteiger partial charge is 0.465 e. The lowest BCUT2D eigenvalue weighted by Gasteiger charge is -2.14. The lowest BCUT2D eigenvalue weighted by Crippen LogP contribution is -2.21. The summed E-state index contributed by atoms with van der Waals surface area (Å²) in [6.07, 6.45) is 0. The summed E-state index contributed by atoms with van der Waals surface area (Å²) in [5.74, 6) is -0.400. The molecule has 2 aromatic rings. The Morgan fingerprint density at radius 3 is 2.50 bits per heavy atom. The van der Waals surface area contributed by atoms with E-state index in [9.17, 15) is 9.59 Å². The van der Waals surface area contributed by atoms with Gasteiger partial charge in [0.2, 0.25) is 0 Å². The molecule has 0 unspecified atom stereocenters. The molecule has 0 atom stereocenters. The number of benzene rings is 1. The van der Waals surface area contributed by atoms with Gasteiger partial charge in [-0.25, -0.2) is 4.79 Å². The zero-order valence-electron chi connectivity index (χ0n) is 10.6. The van der Waals surface area contributed by atoms with Crippen molar-refractivity contribution in [1.29, 1.82) is 0 Å². The molecule has 1 aromatic carbocycles. The molecule has 0 radical (unpaired) electrons. The molecule has 0 aliphatic heterocycles. The highest BCUT2D eigenvalue weighted by molar-refractivity contribution is 5.94. The number of carbonyl (C=O) groups excluding carboxylic acids is 1. The van der Waals surface area contributed by atoms with Crippen molar-refractivity contribution < 1.29 is 9.53 Å². The highest BCUT2D eigenvalue weighted by atomic mass is 16.5. The van der Waals surface area contributed by atoms with Crippen LogP contribution >= 0.6 is 0 Å². The van der Waals surface area contributed by atoms with E-state index in [4.69, 9.17) is 0 Å². The van der Waals surface area contributed by atoms with Gasteiger partial charge in [-0.3, -0.25) is 4.79 Å². The van der Waals surface area contributed by atoms with Crippen LogP contribution in [-0.4, -0.2) is 17.6 Å². The minimum Gasteiger partial charge on any atom is -0.465 e. The van der Waals surface area contributed by atoms with Crippen LogP contribution in [0.1, 0.15) is 30.2 Å². The van der Waals surface area contributed by atoms with E-state index < -0.39 is 5.97 Å². The Labute approximate surface area is 105 Å². The fourth-order valence-corrected chi connectivity index (χ4v) is 2.03. The number of ether oxygens (including phenoxy) is 1. The highest BCUT2D eigenvalue weighted by Crippen LogP contribution is 2.18. The average molecular weight is 245 g/mol. The van der Waals surface area contributed by atoms with Gasteiger partial charge in [0.25, 0.3) is 5.56 Å². The van der Waals surface area contributed by atoms with Crippen molar-refractivity contribution in [2.75, 3.05) is 7.11 Å². The predicted octanol–water partition coefficient (Wildman–Crippen LogP) is 2.37. The van der Waals surface area contributed by atoms with Crippen LogP contribution in [0.15, 0.2) is 35.1 Å². The van der Waals surface area contributed by atoms with Gasteiger partial charge in [-0.05, 0) is 37.4 Å². The minimum absolute atomic E-state index is 0.0362. The maximum absolute atomic E-state index is 11.9. The second-order valence-electron chi connectivity index (χ2n) is 4.40. The number of esters is 1. The van der Waals surface area contributed by atoms with Gasteiger partial charge < -0.3 is 9.30 Å². The van der Waals surface area contributed by atoms with Crippen molar-refractivity contribution in [2.24, 2.45) is 0 Å². The van der Waals surface area contributed by atoms with Crippen molar-refractivity contribution in [2.45, 2.75) is 19.9 Å². The number of hydrogen-bond acceptors (Lipinski definition) is 3. The van der Waals surface area contributed by atoms with E-state index in [1.807, 2.05) is 19.9 Å². The van der Waals surface area contributed by atoms with Crippen LogP contribution in [0.5, 0.6) is 0 Å². The topological polar surface area (TPSA) is 48.3 Å². The third kappa shape index (κ3) is 2.01. The van der Waals surface area contributed by atoms with Crippen LogP contribution in [-0.2, 0) is 4.74 Å². The Bertz CT molecular complexity index is 656. The van der Waals surface area contributed by atoms with E-state index in [2.05, 4.69) is 4.74 Å². The van der Waals surface area contributed by atoms with Gasteiger partial charge in [0, 0.05) is 12.1 Å². The summed E-state index contributed by atoms with van der Waals surface area (Å²) in [5.41, 5.74) is 1.13. The lowest BCUT2D eigenvalue weighted by atomic mass is 10.1. The van der Waals surface area contributed by atoms with Gasteiger partial charge in [-0.1, -0.05) is 6.07 Å². The van der Waals surface area contributed by atoms with Crippen LogP contribution < -0.4 is 5.56 Å². The average Bonchev–Trinajstić information content (AvgIpc) is 2.36. The third-order valence-corrected chi connectivity index (χ3v) is 2.87. The predicted molar refractivity (Wildman–Crippen MR) is 69.9 cm³/mol. The number of carbonyl (C=O) groups is 1.